The van der Waals surface area contributed by atoms with E-state index in [1.807, 2.05) is 0 Å². The number of methoxy groups -OCH3 is 1. The van der Waals surface area contributed by atoms with Crippen LogP contribution < -0.4 is 5.56 Å². The summed E-state index contributed by atoms with van der Waals surface area (Å²) in [7, 11) is 1.17. The number of hydrogen-bond acceptors (Lipinski definition) is 3. The fourth-order valence-corrected chi connectivity index (χ4v) is 1.24. The van der Waals surface area contributed by atoms with Crippen molar-refractivity contribution in [1.29, 1.82) is 0 Å². The van der Waals surface area contributed by atoms with Crippen molar-refractivity contribution in [2.75, 3.05) is 7.11 Å². The zero-order valence-electron chi connectivity index (χ0n) is 7.51. The minimum absolute atomic E-state index is 0.0881. The van der Waals surface area contributed by atoms with Crippen LogP contribution in [0.4, 0.5) is 0 Å². The molecule has 4 nitrogen and oxygen atoms in total. The number of carbonyl (C=O) groups is 1. The van der Waals surface area contributed by atoms with Crippen molar-refractivity contribution in [3.63, 3.8) is 0 Å². The molecule has 0 unspecified atom stereocenters. The van der Waals surface area contributed by atoms with E-state index in [0.717, 1.165) is 0 Å². The van der Waals surface area contributed by atoms with E-state index >= 15 is 0 Å². The molecule has 0 amide bonds. The van der Waals surface area contributed by atoms with Gasteiger partial charge in [-0.25, -0.2) is 4.79 Å². The first kappa shape index (κ1) is 12.4. The highest BCUT2D eigenvalue weighted by Gasteiger charge is 2.25. The minimum Gasteiger partial charge on any atom is -0.465 e. The van der Waals surface area contributed by atoms with E-state index in [2.05, 4.69) is 9.72 Å². The van der Waals surface area contributed by atoms with Gasteiger partial charge in [-0.05, 0) is 12.1 Å². The highest BCUT2D eigenvalue weighted by molar-refractivity contribution is 6.66. The molecule has 1 rings (SSSR count). The van der Waals surface area contributed by atoms with Crippen LogP contribution in [0.15, 0.2) is 16.9 Å². The van der Waals surface area contributed by atoms with Crippen molar-refractivity contribution in [3.8, 4) is 0 Å². The van der Waals surface area contributed by atoms with Gasteiger partial charge in [0.2, 0.25) is 3.79 Å². The van der Waals surface area contributed by atoms with Crippen molar-refractivity contribution in [2.24, 2.45) is 0 Å². The number of ether oxygens (including phenoxy) is 1. The summed E-state index contributed by atoms with van der Waals surface area (Å²) in [6.07, 6.45) is 0. The Morgan fingerprint density at radius 2 is 2.00 bits per heavy atom. The third-order valence-corrected chi connectivity index (χ3v) is 2.23. The first-order chi connectivity index (χ1) is 6.86. The smallest absolute Gasteiger partial charge is 0.343 e. The predicted octanol–water partition coefficient (Wildman–Crippen LogP) is 1.99. The molecule has 0 aliphatic carbocycles. The normalized spacial score (nSPS) is 11.2. The Balaban J connectivity index is 3.21. The lowest BCUT2D eigenvalue weighted by molar-refractivity contribution is 0.0598. The van der Waals surface area contributed by atoms with Crippen LogP contribution in [0.1, 0.15) is 16.1 Å². The van der Waals surface area contributed by atoms with E-state index < -0.39 is 15.3 Å². The lowest BCUT2D eigenvalue weighted by Crippen LogP contribution is -2.21. The van der Waals surface area contributed by atoms with Crippen LogP contribution in [0, 0.1) is 0 Å². The molecule has 0 saturated heterocycles. The molecule has 1 heterocycles. The maximum absolute atomic E-state index is 11.4. The third kappa shape index (κ3) is 2.87. The number of carbonyl (C=O) groups excluding carboxylic acids is 1. The molecule has 7 heteroatoms. The first-order valence-electron chi connectivity index (χ1n) is 3.75. The van der Waals surface area contributed by atoms with E-state index in [0.29, 0.717) is 0 Å². The Hall–Kier alpha value is -0.710. The lowest BCUT2D eigenvalue weighted by atomic mass is 10.2. The fourth-order valence-electron chi connectivity index (χ4n) is 0.910. The number of halogens is 3. The Bertz CT molecular complexity index is 435. The van der Waals surface area contributed by atoms with Crippen LogP contribution in [-0.2, 0) is 8.53 Å². The molecule has 0 saturated carbocycles. The zero-order valence-corrected chi connectivity index (χ0v) is 9.78. The number of nitrogens with one attached hydrogen (secondary N) is 1. The first-order valence-corrected chi connectivity index (χ1v) is 4.88. The van der Waals surface area contributed by atoms with Crippen LogP contribution in [0.25, 0.3) is 0 Å². The van der Waals surface area contributed by atoms with Gasteiger partial charge in [0.25, 0.3) is 5.56 Å². The zero-order chi connectivity index (χ0) is 11.6. The number of alkyl halides is 3. The predicted molar refractivity (Wildman–Crippen MR) is 57.6 cm³/mol. The second-order valence-electron chi connectivity index (χ2n) is 2.60. The number of esters is 1. The summed E-state index contributed by atoms with van der Waals surface area (Å²) in [5.41, 5.74) is -0.716. The van der Waals surface area contributed by atoms with Crippen molar-refractivity contribution in [3.05, 3.63) is 33.7 Å². The second-order valence-corrected chi connectivity index (χ2v) is 4.89. The standard InChI is InChI=1S/C8H6Cl3NO3/c1-15-7(14)4-2-3-5(8(9,10)11)12-6(4)13/h2-3H,1H3,(H,12,13). The average molecular weight is 270 g/mol. The molecule has 0 aromatic carbocycles. The lowest BCUT2D eigenvalue weighted by Gasteiger charge is -2.10. The van der Waals surface area contributed by atoms with Gasteiger partial charge in [0.15, 0.2) is 0 Å². The highest BCUT2D eigenvalue weighted by atomic mass is 35.6. The van der Waals surface area contributed by atoms with Gasteiger partial charge in [-0.1, -0.05) is 34.8 Å². The van der Waals surface area contributed by atoms with Crippen molar-refractivity contribution in [1.82, 2.24) is 4.98 Å². The molecule has 0 aliphatic rings. The largest absolute Gasteiger partial charge is 0.465 e. The van der Waals surface area contributed by atoms with Gasteiger partial charge in [-0.15, -0.1) is 0 Å². The van der Waals surface area contributed by atoms with Crippen LogP contribution >= 0.6 is 34.8 Å². The molecule has 1 aromatic rings. The molecule has 0 aliphatic heterocycles. The average Bonchev–Trinajstić information content (AvgIpc) is 2.15. The summed E-state index contributed by atoms with van der Waals surface area (Å²) in [4.78, 5) is 24.7. The van der Waals surface area contributed by atoms with Gasteiger partial charge >= 0.3 is 5.97 Å². The summed E-state index contributed by atoms with van der Waals surface area (Å²) < 4.78 is 2.66. The van der Waals surface area contributed by atoms with Crippen molar-refractivity contribution < 1.29 is 9.53 Å². The monoisotopic (exact) mass is 269 g/mol. The molecule has 0 radical (unpaired) electrons. The quantitative estimate of drug-likeness (QED) is 0.627. The summed E-state index contributed by atoms with van der Waals surface area (Å²) in [6.45, 7) is 0. The highest BCUT2D eigenvalue weighted by Crippen LogP contribution is 2.36. The Kier molecular flexibility index (Phi) is 3.65. The van der Waals surface area contributed by atoms with Crippen molar-refractivity contribution in [2.45, 2.75) is 3.79 Å². The topological polar surface area (TPSA) is 59.2 Å². The van der Waals surface area contributed by atoms with E-state index in [1.165, 1.54) is 19.2 Å². The molecule has 1 N–H and O–H groups in total. The molecule has 82 valence electrons. The van der Waals surface area contributed by atoms with Gasteiger partial charge in [0, 0.05) is 0 Å². The molecule has 15 heavy (non-hydrogen) atoms. The van der Waals surface area contributed by atoms with Gasteiger partial charge in [0.1, 0.15) is 5.56 Å². The van der Waals surface area contributed by atoms with Crippen LogP contribution in [0.3, 0.4) is 0 Å². The third-order valence-electron chi connectivity index (χ3n) is 1.62. The molecule has 0 atom stereocenters. The number of aromatic amines is 1. The summed E-state index contributed by atoms with van der Waals surface area (Å²) in [6, 6.07) is 2.57. The van der Waals surface area contributed by atoms with Gasteiger partial charge in [-0.2, -0.15) is 0 Å². The van der Waals surface area contributed by atoms with E-state index in [9.17, 15) is 9.59 Å². The van der Waals surface area contributed by atoms with Gasteiger partial charge in [0.05, 0.1) is 12.8 Å². The van der Waals surface area contributed by atoms with Crippen LogP contribution in [0.2, 0.25) is 0 Å². The summed E-state index contributed by atoms with van der Waals surface area (Å²) >= 11 is 16.6. The number of H-pyrrole nitrogens is 1. The molecular weight excluding hydrogens is 264 g/mol. The fraction of sp³-hybridized carbons (Fsp3) is 0.250. The minimum atomic E-state index is -1.73. The number of aromatic nitrogens is 1. The van der Waals surface area contributed by atoms with Crippen LogP contribution in [0.5, 0.6) is 0 Å². The maximum Gasteiger partial charge on any atom is 0.343 e. The summed E-state index contributed by atoms with van der Waals surface area (Å²) in [5, 5.41) is 0. The number of rotatable bonds is 1. The van der Waals surface area contributed by atoms with Crippen LogP contribution in [-0.4, -0.2) is 18.1 Å². The second kappa shape index (κ2) is 4.43. The van der Waals surface area contributed by atoms with Crippen molar-refractivity contribution >= 4 is 40.8 Å². The van der Waals surface area contributed by atoms with E-state index in [4.69, 9.17) is 34.8 Å². The Labute approximate surface area is 100 Å². The molecular formula is C8H6Cl3NO3. The molecule has 1 aromatic heterocycles. The SMILES string of the molecule is COC(=O)c1ccc(C(Cl)(Cl)Cl)[nH]c1=O. The molecule has 0 spiro atoms. The van der Waals surface area contributed by atoms with E-state index in [-0.39, 0.29) is 11.3 Å². The number of pyridine rings is 1. The van der Waals surface area contributed by atoms with E-state index in [1.54, 1.807) is 0 Å². The van der Waals surface area contributed by atoms with Gasteiger partial charge in [-0.3, -0.25) is 4.79 Å². The Morgan fingerprint density at radius 3 is 2.40 bits per heavy atom. The Morgan fingerprint density at radius 1 is 1.40 bits per heavy atom. The van der Waals surface area contributed by atoms with Gasteiger partial charge < -0.3 is 9.72 Å². The maximum atomic E-state index is 11.4. The summed E-state index contributed by atoms with van der Waals surface area (Å²) in [5.74, 6) is -0.743. The molecule has 0 fully saturated rings. The molecule has 0 bridgehead atoms. The number of hydrogen-bond donors (Lipinski definition) is 1.